The van der Waals surface area contributed by atoms with Gasteiger partial charge in [-0.2, -0.15) is 8.78 Å². The number of alkyl halides is 2. The summed E-state index contributed by atoms with van der Waals surface area (Å²) >= 11 is 0. The number of carbonyl (C=O) groups is 2. The van der Waals surface area contributed by atoms with Gasteiger partial charge in [0.25, 0.3) is 5.91 Å². The number of nitrogens with one attached hydrogen (secondary N) is 1. The Balaban J connectivity index is 1.52. The average molecular weight is 404 g/mol. The van der Waals surface area contributed by atoms with Gasteiger partial charge in [0, 0.05) is 24.8 Å². The molecule has 2 amide bonds. The fourth-order valence-corrected chi connectivity index (χ4v) is 3.09. The summed E-state index contributed by atoms with van der Waals surface area (Å²) in [6.45, 7) is -1.43. The fourth-order valence-electron chi connectivity index (χ4n) is 3.09. The molecule has 0 unspecified atom stereocenters. The molecule has 8 heteroatoms. The zero-order chi connectivity index (χ0) is 20.6. The lowest BCUT2D eigenvalue weighted by Crippen LogP contribution is -2.32. The molecule has 6 nitrogen and oxygen atoms in total. The van der Waals surface area contributed by atoms with E-state index < -0.39 is 6.61 Å². The van der Waals surface area contributed by atoms with Gasteiger partial charge in [0.1, 0.15) is 11.5 Å². The van der Waals surface area contributed by atoms with E-state index in [0.717, 1.165) is 25.9 Å². The molecule has 0 atom stereocenters. The van der Waals surface area contributed by atoms with Crippen molar-refractivity contribution in [3.8, 4) is 11.5 Å². The molecule has 2 aromatic carbocycles. The second-order valence-electron chi connectivity index (χ2n) is 6.66. The van der Waals surface area contributed by atoms with Crippen LogP contribution in [0.5, 0.6) is 11.5 Å². The van der Waals surface area contributed by atoms with Gasteiger partial charge in [-0.3, -0.25) is 9.59 Å². The Bertz CT molecular complexity index is 854. The molecule has 1 heterocycles. The van der Waals surface area contributed by atoms with Crippen LogP contribution < -0.4 is 14.8 Å². The van der Waals surface area contributed by atoms with Crippen molar-refractivity contribution in [3.63, 3.8) is 0 Å². The lowest BCUT2D eigenvalue weighted by Gasteiger charge is -2.15. The molecule has 0 radical (unpaired) electrons. The van der Waals surface area contributed by atoms with E-state index in [0.29, 0.717) is 17.0 Å². The summed E-state index contributed by atoms with van der Waals surface area (Å²) in [5, 5.41) is 2.73. The maximum absolute atomic E-state index is 12.3. The van der Waals surface area contributed by atoms with Gasteiger partial charge in [0.2, 0.25) is 5.91 Å². The third-order valence-corrected chi connectivity index (χ3v) is 4.43. The number of amides is 2. The predicted octanol–water partition coefficient (Wildman–Crippen LogP) is 3.47. The molecular weight excluding hydrogens is 382 g/mol. The Hall–Kier alpha value is -3.16. The molecule has 0 aromatic heterocycles. The summed E-state index contributed by atoms with van der Waals surface area (Å²) in [5.74, 6) is 0.110. The lowest BCUT2D eigenvalue weighted by molar-refractivity contribution is -0.132. The van der Waals surface area contributed by atoms with Gasteiger partial charge in [0.05, 0.1) is 6.42 Å². The van der Waals surface area contributed by atoms with Crippen molar-refractivity contribution >= 4 is 17.5 Å². The van der Waals surface area contributed by atoms with Crippen molar-refractivity contribution in [1.29, 1.82) is 0 Å². The Morgan fingerprint density at radius 1 is 1.03 bits per heavy atom. The van der Waals surface area contributed by atoms with Gasteiger partial charge in [-0.05, 0) is 42.7 Å². The maximum atomic E-state index is 12.3. The minimum atomic E-state index is -2.92. The van der Waals surface area contributed by atoms with Gasteiger partial charge in [-0.25, -0.2) is 0 Å². The molecule has 0 bridgehead atoms. The number of ether oxygens (including phenoxy) is 2. The third-order valence-electron chi connectivity index (χ3n) is 4.43. The molecule has 0 aliphatic carbocycles. The summed E-state index contributed by atoms with van der Waals surface area (Å²) in [6.07, 6.45) is 2.04. The Morgan fingerprint density at radius 3 is 2.52 bits per heavy atom. The number of halogens is 2. The van der Waals surface area contributed by atoms with Crippen LogP contribution in [0, 0.1) is 0 Å². The number of rotatable bonds is 8. The topological polar surface area (TPSA) is 67.9 Å². The highest BCUT2D eigenvalue weighted by Gasteiger charge is 2.18. The molecular formula is C21H22F2N2O4. The summed E-state index contributed by atoms with van der Waals surface area (Å²) in [6, 6.07) is 12.7. The fraction of sp³-hybridized carbons (Fsp3) is 0.333. The van der Waals surface area contributed by atoms with Crippen molar-refractivity contribution in [3.05, 3.63) is 54.1 Å². The number of likely N-dealkylation sites (tertiary alicyclic amines) is 1. The summed E-state index contributed by atoms with van der Waals surface area (Å²) in [5.41, 5.74) is 1.06. The molecule has 0 saturated carbocycles. The minimum Gasteiger partial charge on any atom is -0.484 e. The van der Waals surface area contributed by atoms with E-state index in [2.05, 4.69) is 10.1 Å². The van der Waals surface area contributed by atoms with E-state index in [1.54, 1.807) is 41.3 Å². The standard InChI is InChI=1S/C21H22F2N2O4/c22-21(23)29-18-8-3-5-15(11-18)12-19(26)24-16-6-4-7-17(13-16)28-14-20(27)25-9-1-2-10-25/h3-8,11,13,21H,1-2,9-10,12,14H2,(H,24,26). The molecule has 1 aliphatic heterocycles. The number of hydrogen-bond donors (Lipinski definition) is 1. The van der Waals surface area contributed by atoms with E-state index in [1.165, 1.54) is 12.1 Å². The second kappa shape index (κ2) is 9.86. The summed E-state index contributed by atoms with van der Waals surface area (Å²) in [4.78, 5) is 26.1. The molecule has 1 aliphatic rings. The Morgan fingerprint density at radius 2 is 1.76 bits per heavy atom. The molecule has 0 spiro atoms. The first-order chi connectivity index (χ1) is 14.0. The first-order valence-corrected chi connectivity index (χ1v) is 9.34. The van der Waals surface area contributed by atoms with Crippen molar-refractivity contribution in [2.75, 3.05) is 25.0 Å². The molecule has 1 saturated heterocycles. The predicted molar refractivity (Wildman–Crippen MR) is 103 cm³/mol. The summed E-state index contributed by atoms with van der Waals surface area (Å²) < 4.78 is 34.5. The molecule has 29 heavy (non-hydrogen) atoms. The minimum absolute atomic E-state index is 0.00102. The molecule has 1 N–H and O–H groups in total. The molecule has 2 aromatic rings. The van der Waals surface area contributed by atoms with E-state index >= 15 is 0 Å². The van der Waals surface area contributed by atoms with E-state index in [-0.39, 0.29) is 30.6 Å². The van der Waals surface area contributed by atoms with E-state index in [4.69, 9.17) is 4.74 Å². The van der Waals surface area contributed by atoms with Crippen molar-refractivity contribution in [2.45, 2.75) is 25.9 Å². The zero-order valence-corrected chi connectivity index (χ0v) is 15.8. The van der Waals surface area contributed by atoms with Crippen LogP contribution in [0.15, 0.2) is 48.5 Å². The Kier molecular flexibility index (Phi) is 6.99. The van der Waals surface area contributed by atoms with E-state index in [9.17, 15) is 18.4 Å². The number of benzene rings is 2. The SMILES string of the molecule is O=C(Cc1cccc(OC(F)F)c1)Nc1cccc(OCC(=O)N2CCCC2)c1. The largest absolute Gasteiger partial charge is 0.484 e. The van der Waals surface area contributed by atoms with Crippen LogP contribution in [0.4, 0.5) is 14.5 Å². The maximum Gasteiger partial charge on any atom is 0.387 e. The molecule has 154 valence electrons. The smallest absolute Gasteiger partial charge is 0.387 e. The molecule has 3 rings (SSSR count). The normalized spacial score (nSPS) is 13.4. The second-order valence-corrected chi connectivity index (χ2v) is 6.66. The highest BCUT2D eigenvalue weighted by molar-refractivity contribution is 5.92. The van der Waals surface area contributed by atoms with Gasteiger partial charge in [-0.15, -0.1) is 0 Å². The van der Waals surface area contributed by atoms with Crippen LogP contribution in [0.2, 0.25) is 0 Å². The Labute approximate surface area is 167 Å². The van der Waals surface area contributed by atoms with Gasteiger partial charge in [0.15, 0.2) is 6.61 Å². The zero-order valence-electron chi connectivity index (χ0n) is 15.8. The van der Waals surface area contributed by atoms with E-state index in [1.807, 2.05) is 0 Å². The van der Waals surface area contributed by atoms with Crippen LogP contribution in [-0.4, -0.2) is 43.0 Å². The summed E-state index contributed by atoms with van der Waals surface area (Å²) in [7, 11) is 0. The van der Waals surface area contributed by atoms with Gasteiger partial charge < -0.3 is 19.7 Å². The monoisotopic (exact) mass is 404 g/mol. The number of anilines is 1. The van der Waals surface area contributed by atoms with Crippen LogP contribution in [-0.2, 0) is 16.0 Å². The molecule has 1 fully saturated rings. The highest BCUT2D eigenvalue weighted by Crippen LogP contribution is 2.20. The quantitative estimate of drug-likeness (QED) is 0.732. The van der Waals surface area contributed by atoms with Gasteiger partial charge in [-0.1, -0.05) is 18.2 Å². The highest BCUT2D eigenvalue weighted by atomic mass is 19.3. The first kappa shape index (κ1) is 20.6. The van der Waals surface area contributed by atoms with Crippen molar-refractivity contribution in [1.82, 2.24) is 4.90 Å². The van der Waals surface area contributed by atoms with Crippen LogP contribution in [0.1, 0.15) is 18.4 Å². The van der Waals surface area contributed by atoms with Crippen molar-refractivity contribution < 1.29 is 27.8 Å². The number of carbonyl (C=O) groups excluding carboxylic acids is 2. The van der Waals surface area contributed by atoms with Crippen LogP contribution in [0.3, 0.4) is 0 Å². The van der Waals surface area contributed by atoms with Gasteiger partial charge >= 0.3 is 6.61 Å². The average Bonchev–Trinajstić information content (AvgIpc) is 3.21. The van der Waals surface area contributed by atoms with Crippen LogP contribution >= 0.6 is 0 Å². The number of nitrogens with zero attached hydrogens (tertiary/aromatic N) is 1. The lowest BCUT2D eigenvalue weighted by atomic mass is 10.1. The van der Waals surface area contributed by atoms with Crippen LogP contribution in [0.25, 0.3) is 0 Å². The third kappa shape index (κ3) is 6.44. The number of hydrogen-bond acceptors (Lipinski definition) is 4. The van der Waals surface area contributed by atoms with Crippen molar-refractivity contribution in [2.24, 2.45) is 0 Å². The first-order valence-electron chi connectivity index (χ1n) is 9.34.